The normalized spacial score (nSPS) is 17.3. The number of methoxy groups -OCH3 is 1. The summed E-state index contributed by atoms with van der Waals surface area (Å²) in [6.07, 6.45) is 6.14. The van der Waals surface area contributed by atoms with E-state index in [1.807, 2.05) is 30.5 Å². The quantitative estimate of drug-likeness (QED) is 0.471. The second-order valence-electron chi connectivity index (χ2n) is 8.58. The molecule has 1 N–H and O–H groups in total. The van der Waals surface area contributed by atoms with Crippen LogP contribution in [0.5, 0.6) is 5.75 Å². The van der Waals surface area contributed by atoms with Crippen LogP contribution in [-0.4, -0.2) is 63.4 Å². The zero-order valence-electron chi connectivity index (χ0n) is 18.1. The Balaban J connectivity index is 1.39. The molecule has 9 heteroatoms. The van der Waals surface area contributed by atoms with Crippen LogP contribution in [0.1, 0.15) is 18.4 Å². The van der Waals surface area contributed by atoms with Crippen molar-refractivity contribution in [1.29, 1.82) is 0 Å². The minimum Gasteiger partial charge on any atom is -0.497 e. The number of aromatic nitrogens is 5. The van der Waals surface area contributed by atoms with Gasteiger partial charge in [0.25, 0.3) is 12.0 Å². The number of aromatic amines is 1. The van der Waals surface area contributed by atoms with Crippen molar-refractivity contribution in [1.82, 2.24) is 24.1 Å². The first-order valence-corrected chi connectivity index (χ1v) is 11.1. The van der Waals surface area contributed by atoms with Crippen molar-refractivity contribution >= 4 is 22.4 Å². The maximum Gasteiger partial charge on any atom is 0.425 e. The van der Waals surface area contributed by atoms with Gasteiger partial charge in [-0.3, -0.25) is 9.47 Å². The average Bonchev–Trinajstić information content (AvgIpc) is 3.58. The zero-order chi connectivity index (χ0) is 21.7. The fourth-order valence-electron chi connectivity index (χ4n) is 4.66. The number of anilines is 1. The molecule has 0 bridgehead atoms. The molecular weight excluding hydrogens is 406 g/mol. The molecule has 32 heavy (non-hydrogen) atoms. The molecule has 0 unspecified atom stereocenters. The fourth-order valence-corrected chi connectivity index (χ4v) is 4.66. The highest BCUT2D eigenvalue weighted by atomic mass is 16.5. The molecule has 4 aromatic rings. The van der Waals surface area contributed by atoms with Crippen LogP contribution < -0.4 is 20.3 Å². The number of rotatable bonds is 5. The number of piperazine rings is 1. The summed E-state index contributed by atoms with van der Waals surface area (Å²) in [5, 5.41) is 5.12. The number of ether oxygens (including phenoxy) is 1. The van der Waals surface area contributed by atoms with Gasteiger partial charge in [0, 0.05) is 37.3 Å². The first kappa shape index (κ1) is 19.2. The Hall–Kier alpha value is -3.46. The summed E-state index contributed by atoms with van der Waals surface area (Å²) in [7, 11) is 1.64. The van der Waals surface area contributed by atoms with Crippen LogP contribution >= 0.6 is 0 Å². The van der Waals surface area contributed by atoms with Gasteiger partial charge in [0.1, 0.15) is 5.75 Å². The third-order valence-corrected chi connectivity index (χ3v) is 6.60. The summed E-state index contributed by atoms with van der Waals surface area (Å²) < 4.78 is 8.35. The SMILES string of the molecule is COc1ccc(Cn2c(=O)n3nc[nH+]c3c3cc(N4CCN(C5CC5)CC4)cnc32)cc1. The molecule has 1 aromatic carbocycles. The van der Waals surface area contributed by atoms with Gasteiger partial charge in [-0.2, -0.15) is 0 Å². The van der Waals surface area contributed by atoms with E-state index >= 15 is 0 Å². The van der Waals surface area contributed by atoms with Gasteiger partial charge in [-0.1, -0.05) is 12.1 Å². The lowest BCUT2D eigenvalue weighted by Gasteiger charge is -2.36. The molecule has 3 aromatic heterocycles. The highest BCUT2D eigenvalue weighted by Crippen LogP contribution is 2.29. The molecule has 1 aliphatic heterocycles. The van der Waals surface area contributed by atoms with Crippen LogP contribution in [-0.2, 0) is 6.54 Å². The molecule has 2 aliphatic rings. The van der Waals surface area contributed by atoms with E-state index in [4.69, 9.17) is 9.72 Å². The molecule has 2 fully saturated rings. The Morgan fingerprint density at radius 1 is 1.12 bits per heavy atom. The number of hydrogen-bond donors (Lipinski definition) is 0. The summed E-state index contributed by atoms with van der Waals surface area (Å²) >= 11 is 0. The molecule has 0 spiro atoms. The monoisotopic (exact) mass is 432 g/mol. The van der Waals surface area contributed by atoms with E-state index in [2.05, 4.69) is 25.9 Å². The Kier molecular flexibility index (Phi) is 4.57. The largest absolute Gasteiger partial charge is 0.497 e. The topological polar surface area (TPSA) is 82.0 Å². The number of hydrogen-bond acceptors (Lipinski definition) is 6. The highest BCUT2D eigenvalue weighted by Gasteiger charge is 2.31. The maximum absolute atomic E-state index is 13.2. The minimum atomic E-state index is -0.220. The summed E-state index contributed by atoms with van der Waals surface area (Å²) in [4.78, 5) is 26.1. The van der Waals surface area contributed by atoms with Crippen molar-refractivity contribution in [2.45, 2.75) is 25.4 Å². The molecule has 1 saturated carbocycles. The lowest BCUT2D eigenvalue weighted by Crippen LogP contribution is -2.47. The fraction of sp³-hybridized carbons (Fsp3) is 0.391. The second-order valence-corrected chi connectivity index (χ2v) is 8.58. The Bertz CT molecular complexity index is 1330. The molecule has 0 amide bonds. The van der Waals surface area contributed by atoms with Crippen molar-refractivity contribution in [3.05, 3.63) is 58.9 Å². The number of benzene rings is 1. The molecule has 1 saturated heterocycles. The van der Waals surface area contributed by atoms with Crippen LogP contribution in [0.15, 0.2) is 47.7 Å². The number of H-pyrrole nitrogens is 1. The lowest BCUT2D eigenvalue weighted by molar-refractivity contribution is -0.345. The van der Waals surface area contributed by atoms with Gasteiger partial charge >= 0.3 is 5.69 Å². The number of nitrogens with zero attached hydrogens (tertiary/aromatic N) is 6. The summed E-state index contributed by atoms with van der Waals surface area (Å²) in [5.41, 5.74) is 3.17. The zero-order valence-corrected chi connectivity index (χ0v) is 18.1. The van der Waals surface area contributed by atoms with Crippen LogP contribution in [0.2, 0.25) is 0 Å². The van der Waals surface area contributed by atoms with E-state index in [1.165, 1.54) is 17.4 Å². The van der Waals surface area contributed by atoms with Gasteiger partial charge in [0.05, 0.1) is 30.9 Å². The lowest BCUT2D eigenvalue weighted by atomic mass is 10.2. The van der Waals surface area contributed by atoms with E-state index in [0.29, 0.717) is 17.8 Å². The highest BCUT2D eigenvalue weighted by molar-refractivity contribution is 5.89. The summed E-state index contributed by atoms with van der Waals surface area (Å²) in [6, 6.07) is 10.7. The molecule has 0 atom stereocenters. The average molecular weight is 433 g/mol. The Morgan fingerprint density at radius 2 is 1.91 bits per heavy atom. The molecule has 6 rings (SSSR count). The van der Waals surface area contributed by atoms with Crippen molar-refractivity contribution < 1.29 is 9.72 Å². The van der Waals surface area contributed by atoms with Gasteiger partial charge in [0.15, 0.2) is 5.65 Å². The van der Waals surface area contributed by atoms with E-state index in [-0.39, 0.29) is 5.69 Å². The van der Waals surface area contributed by atoms with Gasteiger partial charge in [-0.05, 0) is 41.1 Å². The van der Waals surface area contributed by atoms with Crippen molar-refractivity contribution in [2.75, 3.05) is 38.2 Å². The molecular formula is C23H26N7O2+. The molecule has 9 nitrogen and oxygen atoms in total. The number of pyridine rings is 1. The van der Waals surface area contributed by atoms with Crippen molar-refractivity contribution in [2.24, 2.45) is 0 Å². The van der Waals surface area contributed by atoms with Crippen LogP contribution in [0.3, 0.4) is 0 Å². The van der Waals surface area contributed by atoms with E-state index in [1.54, 1.807) is 18.0 Å². The van der Waals surface area contributed by atoms with Gasteiger partial charge < -0.3 is 9.64 Å². The van der Waals surface area contributed by atoms with E-state index in [9.17, 15) is 4.79 Å². The molecule has 164 valence electrons. The molecule has 1 aliphatic carbocycles. The van der Waals surface area contributed by atoms with Crippen molar-refractivity contribution in [3.63, 3.8) is 0 Å². The first-order chi connectivity index (χ1) is 15.7. The predicted octanol–water partition coefficient (Wildman–Crippen LogP) is 1.20. The minimum absolute atomic E-state index is 0.220. The van der Waals surface area contributed by atoms with Gasteiger partial charge in [-0.15, -0.1) is 0 Å². The van der Waals surface area contributed by atoms with Crippen LogP contribution in [0.25, 0.3) is 16.7 Å². The Labute approximate surface area is 184 Å². The van der Waals surface area contributed by atoms with Crippen molar-refractivity contribution in [3.8, 4) is 5.75 Å². The number of fused-ring (bicyclic) bond motifs is 3. The molecule has 4 heterocycles. The third-order valence-electron chi connectivity index (χ3n) is 6.60. The van der Waals surface area contributed by atoms with Gasteiger partial charge in [-0.25, -0.2) is 14.8 Å². The van der Waals surface area contributed by atoms with Crippen LogP contribution in [0, 0.1) is 0 Å². The van der Waals surface area contributed by atoms with Crippen LogP contribution in [0.4, 0.5) is 5.69 Å². The van der Waals surface area contributed by atoms with E-state index < -0.39 is 0 Å². The second kappa shape index (κ2) is 7.59. The summed E-state index contributed by atoms with van der Waals surface area (Å²) in [6.45, 7) is 4.58. The third kappa shape index (κ3) is 3.29. The summed E-state index contributed by atoms with van der Waals surface area (Å²) in [5.74, 6) is 0.785. The standard InChI is InChI=1S/C23H25N7O2/c1-32-19-6-2-16(3-7-19)14-29-21-20(22-25-15-26-30(22)23(29)31)12-18(13-24-21)28-10-8-27(9-11-28)17-4-5-17/h2-3,6-7,12-13,15,17H,4-5,8-11,14H2,1H3/p+1. The van der Waals surface area contributed by atoms with E-state index in [0.717, 1.165) is 54.6 Å². The van der Waals surface area contributed by atoms with Gasteiger partial charge in [0.2, 0.25) is 0 Å². The predicted molar refractivity (Wildman–Crippen MR) is 120 cm³/mol. The first-order valence-electron chi connectivity index (χ1n) is 11.1. The molecule has 0 radical (unpaired) electrons. The Morgan fingerprint density at radius 3 is 2.62 bits per heavy atom. The maximum atomic E-state index is 13.2. The smallest absolute Gasteiger partial charge is 0.425 e. The number of nitrogens with one attached hydrogen (secondary N) is 1.